The third-order valence-electron chi connectivity index (χ3n) is 13.9. The molecule has 0 saturated heterocycles. The summed E-state index contributed by atoms with van der Waals surface area (Å²) in [5, 5.41) is 12.0. The van der Waals surface area contributed by atoms with Gasteiger partial charge >= 0.3 is 0 Å². The van der Waals surface area contributed by atoms with Crippen molar-refractivity contribution in [2.75, 3.05) is 16.5 Å². The van der Waals surface area contributed by atoms with Crippen LogP contribution in [0.4, 0.5) is 22.7 Å². The summed E-state index contributed by atoms with van der Waals surface area (Å²) < 4.78 is 9.13. The van der Waals surface area contributed by atoms with Gasteiger partial charge in [-0.15, -0.1) is 0 Å². The van der Waals surface area contributed by atoms with E-state index in [-0.39, 0.29) is 16.2 Å². The number of hydrogen-bond acceptors (Lipinski definition) is 5. The predicted octanol–water partition coefficient (Wildman–Crippen LogP) is 16.9. The largest absolute Gasteiger partial charge is 0.457 e. The molecule has 344 valence electrons. The summed E-state index contributed by atoms with van der Waals surface area (Å²) in [5.74, 6) is 2.36. The zero-order valence-corrected chi connectivity index (χ0v) is 41.9. The Morgan fingerprint density at radius 2 is 1.13 bits per heavy atom. The van der Waals surface area contributed by atoms with Gasteiger partial charge in [0.2, 0.25) is 0 Å². The summed E-state index contributed by atoms with van der Waals surface area (Å²) in [7, 11) is 0. The number of hydrogen-bond donors (Lipinski definition) is 0. The highest BCUT2D eigenvalue weighted by atomic mass is 16.5. The highest BCUT2D eigenvalue weighted by Crippen LogP contribution is 2.47. The minimum atomic E-state index is -0.0596. The topological polar surface area (TPSA) is 57.3 Å². The molecule has 0 radical (unpaired) electrons. The van der Waals surface area contributed by atoms with Crippen molar-refractivity contribution in [3.8, 4) is 45.6 Å². The normalized spacial score (nSPS) is 13.0. The second kappa shape index (κ2) is 16.9. The molecule has 0 atom stereocenters. The van der Waals surface area contributed by atoms with Gasteiger partial charge in [0.25, 0.3) is 0 Å². The van der Waals surface area contributed by atoms with Gasteiger partial charge in [-0.05, 0) is 171 Å². The molecule has 0 saturated carbocycles. The second-order valence-electron chi connectivity index (χ2n) is 21.9. The fourth-order valence-corrected chi connectivity index (χ4v) is 9.71. The first-order chi connectivity index (χ1) is 32.8. The molecule has 1 aliphatic rings. The molecule has 3 heterocycles. The van der Waals surface area contributed by atoms with Gasteiger partial charge in [-0.2, -0.15) is 5.26 Å². The van der Waals surface area contributed by atoms with Crippen LogP contribution in [0.2, 0.25) is 0 Å². The summed E-state index contributed by atoms with van der Waals surface area (Å²) in [6.45, 7) is 25.4. The lowest BCUT2D eigenvalue weighted by Crippen LogP contribution is -2.25. The zero-order chi connectivity index (χ0) is 48.6. The van der Waals surface area contributed by atoms with Crippen molar-refractivity contribution in [2.24, 2.45) is 0 Å². The number of fused-ring (bicyclic) bond motifs is 4. The van der Waals surface area contributed by atoms with Crippen molar-refractivity contribution in [2.45, 2.75) is 92.4 Å². The van der Waals surface area contributed by atoms with Crippen LogP contribution in [0, 0.1) is 25.2 Å². The van der Waals surface area contributed by atoms with Crippen molar-refractivity contribution in [3.63, 3.8) is 0 Å². The number of nitriles is 1. The Kier molecular flexibility index (Phi) is 11.0. The minimum Gasteiger partial charge on any atom is -0.457 e. The van der Waals surface area contributed by atoms with E-state index >= 15 is 0 Å². The van der Waals surface area contributed by atoms with Gasteiger partial charge in [0.1, 0.15) is 24.0 Å². The smallest absolute Gasteiger partial charge is 0.137 e. The van der Waals surface area contributed by atoms with Crippen LogP contribution in [0.1, 0.15) is 95.7 Å². The molecule has 0 amide bonds. The fraction of sp³-hybridized carbons (Fsp3) is 0.238. The van der Waals surface area contributed by atoms with Gasteiger partial charge in [0.05, 0.1) is 34.0 Å². The number of nitrogens with zero attached hydrogens (tertiary/aromatic N) is 5. The maximum Gasteiger partial charge on any atom is 0.137 e. The number of anilines is 4. The fourth-order valence-electron chi connectivity index (χ4n) is 9.71. The molecule has 0 N–H and O–H groups in total. The molecule has 0 aliphatic carbocycles. The Balaban J connectivity index is 1.04. The molecule has 69 heavy (non-hydrogen) atoms. The molecule has 10 rings (SSSR count). The van der Waals surface area contributed by atoms with Crippen LogP contribution in [0.25, 0.3) is 49.9 Å². The Bertz CT molecular complexity index is 3480. The summed E-state index contributed by atoms with van der Waals surface area (Å²) >= 11 is 0. The molecule has 0 bridgehead atoms. The number of benzene rings is 7. The quantitative estimate of drug-likeness (QED) is 0.159. The van der Waals surface area contributed by atoms with Crippen LogP contribution >= 0.6 is 0 Å². The summed E-state index contributed by atoms with van der Waals surface area (Å²) in [6.07, 6.45) is 1.92. The Morgan fingerprint density at radius 3 is 1.81 bits per heavy atom. The van der Waals surface area contributed by atoms with Gasteiger partial charge in [-0.1, -0.05) is 111 Å². The van der Waals surface area contributed by atoms with Gasteiger partial charge < -0.3 is 14.5 Å². The Morgan fingerprint density at radius 1 is 0.507 bits per heavy atom. The van der Waals surface area contributed by atoms with E-state index in [0.29, 0.717) is 12.2 Å². The van der Waals surface area contributed by atoms with Crippen LogP contribution in [0.15, 0.2) is 158 Å². The maximum absolute atomic E-state index is 9.72. The van der Waals surface area contributed by atoms with Crippen LogP contribution in [0.5, 0.6) is 11.5 Å². The van der Waals surface area contributed by atoms with Crippen molar-refractivity contribution >= 4 is 44.6 Å². The Hall–Kier alpha value is -7.62. The Labute approximate surface area is 408 Å². The van der Waals surface area contributed by atoms with E-state index in [9.17, 15) is 5.26 Å². The average molecular weight is 904 g/mol. The molecular formula is C63H61N5O. The average Bonchev–Trinajstić information content (AvgIpc) is 3.87. The molecule has 6 heteroatoms. The number of aryl methyl sites for hydroxylation is 2. The van der Waals surface area contributed by atoms with Crippen molar-refractivity contribution in [1.82, 2.24) is 9.55 Å². The number of para-hydroxylation sites is 2. The summed E-state index contributed by atoms with van der Waals surface area (Å²) in [4.78, 5) is 9.82. The van der Waals surface area contributed by atoms with Crippen molar-refractivity contribution in [1.29, 1.82) is 5.26 Å². The monoisotopic (exact) mass is 903 g/mol. The lowest BCUT2D eigenvalue weighted by atomic mass is 9.80. The van der Waals surface area contributed by atoms with Gasteiger partial charge in [0.15, 0.2) is 0 Å². The van der Waals surface area contributed by atoms with E-state index in [0.717, 1.165) is 78.3 Å². The SMILES string of the molecule is Cc1ccc(C#N)cc1-c1cc(-c2ccc3c(c2)c2ccc(Oc4cccc(N5CN(c6cc(C(C)(C)C)cc(C(C)(C)C)c6)c6ccccc65)c4)cc2n3-c2cc(C(C)(C)C)ccn2)ccc1C. The number of pyridine rings is 1. The number of rotatable bonds is 7. The maximum atomic E-state index is 9.72. The molecule has 1 aliphatic heterocycles. The first-order valence-corrected chi connectivity index (χ1v) is 24.1. The zero-order valence-electron chi connectivity index (χ0n) is 41.9. The highest BCUT2D eigenvalue weighted by Gasteiger charge is 2.30. The van der Waals surface area contributed by atoms with Crippen LogP contribution in [-0.2, 0) is 16.2 Å². The molecule has 9 aromatic rings. The van der Waals surface area contributed by atoms with Crippen LogP contribution in [0.3, 0.4) is 0 Å². The highest BCUT2D eigenvalue weighted by molar-refractivity contribution is 6.11. The van der Waals surface area contributed by atoms with Crippen LogP contribution in [-0.4, -0.2) is 16.2 Å². The van der Waals surface area contributed by atoms with E-state index in [1.165, 1.54) is 33.6 Å². The van der Waals surface area contributed by atoms with E-state index in [1.54, 1.807) is 0 Å². The first kappa shape index (κ1) is 45.2. The molecule has 0 fully saturated rings. The van der Waals surface area contributed by atoms with E-state index in [2.05, 4.69) is 224 Å². The van der Waals surface area contributed by atoms with E-state index < -0.39 is 0 Å². The van der Waals surface area contributed by atoms with Crippen LogP contribution < -0.4 is 14.5 Å². The first-order valence-electron chi connectivity index (χ1n) is 24.1. The third kappa shape index (κ3) is 8.52. The number of ether oxygens (including phenoxy) is 1. The number of aromatic nitrogens is 2. The molecule has 0 spiro atoms. The molecule has 6 nitrogen and oxygen atoms in total. The van der Waals surface area contributed by atoms with E-state index in [4.69, 9.17) is 9.72 Å². The van der Waals surface area contributed by atoms with E-state index in [1.807, 2.05) is 30.5 Å². The lowest BCUT2D eigenvalue weighted by Gasteiger charge is -2.29. The summed E-state index contributed by atoms with van der Waals surface area (Å²) in [5.41, 5.74) is 17.9. The van der Waals surface area contributed by atoms with Crippen molar-refractivity contribution < 1.29 is 4.74 Å². The van der Waals surface area contributed by atoms with Gasteiger partial charge in [0, 0.05) is 40.5 Å². The van der Waals surface area contributed by atoms with Gasteiger partial charge in [-0.25, -0.2) is 4.98 Å². The van der Waals surface area contributed by atoms with Crippen molar-refractivity contribution in [3.05, 3.63) is 191 Å². The third-order valence-corrected chi connectivity index (χ3v) is 13.9. The standard InChI is InChI=1S/C63H61N5O/c1-40-19-21-42(38-64)29-53(40)54-30-43(22-20-41(54)2)44-23-26-56-55(31-44)52-25-24-51(37-59(52)68(56)60-35-45(27-28-65-60)61(3,4)5)69-50-16-14-15-48(36-50)66-39-67(58-18-13-12-17-57(58)66)49-33-46(62(6,7)8)32-47(34-49)63(9,10)11/h12-37H,39H2,1-11H3. The minimum absolute atomic E-state index is 0.00728. The molecule has 0 unspecified atom stereocenters. The second-order valence-corrected chi connectivity index (χ2v) is 21.9. The lowest BCUT2D eigenvalue weighted by molar-refractivity contribution is 0.483. The molecular weight excluding hydrogens is 843 g/mol. The van der Waals surface area contributed by atoms with Gasteiger partial charge in [-0.3, -0.25) is 4.57 Å². The molecule has 2 aromatic heterocycles. The predicted molar refractivity (Wildman–Crippen MR) is 288 cm³/mol. The molecule has 7 aromatic carbocycles. The summed E-state index contributed by atoms with van der Waals surface area (Å²) in [6, 6.07) is 56.7.